The normalized spacial score (nSPS) is 12.7. The second kappa shape index (κ2) is 7.41. The van der Waals surface area contributed by atoms with E-state index in [0.29, 0.717) is 0 Å². The number of rotatable bonds is 7. The Morgan fingerprint density at radius 3 is 2.58 bits per heavy atom. The van der Waals surface area contributed by atoms with Crippen molar-refractivity contribution in [2.75, 3.05) is 27.3 Å². The van der Waals surface area contributed by atoms with Gasteiger partial charge in [-0.3, -0.25) is 9.69 Å². The maximum Gasteiger partial charge on any atom is 0.179 e. The number of likely N-dealkylation sites (N-methyl/N-ethyl adjacent to an activating group) is 1. The molecule has 0 N–H and O–H groups in total. The quantitative estimate of drug-likeness (QED) is 0.559. The van der Waals surface area contributed by atoms with Gasteiger partial charge in [-0.25, -0.2) is 0 Å². The number of methoxy groups -OCH3 is 1. The molecule has 0 amide bonds. The van der Waals surface area contributed by atoms with Crippen molar-refractivity contribution in [1.82, 2.24) is 4.90 Å². The summed E-state index contributed by atoms with van der Waals surface area (Å²) in [6.45, 7) is 7.66. The van der Waals surface area contributed by atoms with E-state index in [1.807, 2.05) is 39.1 Å². The van der Waals surface area contributed by atoms with Crippen LogP contribution in [-0.4, -0.2) is 44.0 Å². The predicted octanol–water partition coefficient (Wildman–Crippen LogP) is 2.84. The first kappa shape index (κ1) is 15.9. The molecule has 0 aliphatic rings. The molecule has 0 aliphatic carbocycles. The Hall–Kier alpha value is -1.19. The van der Waals surface area contributed by atoms with Gasteiger partial charge in [0, 0.05) is 25.8 Å². The number of carbonyl (C=O) groups is 1. The van der Waals surface area contributed by atoms with E-state index in [1.165, 1.54) is 11.1 Å². The SMILES string of the molecule is COCCCN(C)C(C)C(=O)c1ccc(C)c(C)c1. The molecule has 1 rings (SSSR count). The summed E-state index contributed by atoms with van der Waals surface area (Å²) in [5.74, 6) is 0.183. The number of nitrogens with zero attached hydrogens (tertiary/aromatic N) is 1. The molecule has 1 aromatic rings. The molecular weight excluding hydrogens is 238 g/mol. The van der Waals surface area contributed by atoms with Gasteiger partial charge in [0.15, 0.2) is 5.78 Å². The molecule has 3 nitrogen and oxygen atoms in total. The van der Waals surface area contributed by atoms with Crippen LogP contribution < -0.4 is 0 Å². The summed E-state index contributed by atoms with van der Waals surface area (Å²) in [5, 5.41) is 0. The number of ether oxygens (including phenoxy) is 1. The van der Waals surface area contributed by atoms with Crippen LogP contribution in [0.2, 0.25) is 0 Å². The average Bonchev–Trinajstić information content (AvgIpc) is 2.40. The number of hydrogen-bond acceptors (Lipinski definition) is 3. The summed E-state index contributed by atoms with van der Waals surface area (Å²) >= 11 is 0. The first-order chi connectivity index (χ1) is 8.97. The first-order valence-corrected chi connectivity index (χ1v) is 6.78. The summed E-state index contributed by atoms with van der Waals surface area (Å²) in [7, 11) is 3.68. The largest absolute Gasteiger partial charge is 0.385 e. The van der Waals surface area contributed by atoms with Crippen molar-refractivity contribution in [2.45, 2.75) is 33.2 Å². The summed E-state index contributed by atoms with van der Waals surface area (Å²) in [6.07, 6.45) is 0.942. The van der Waals surface area contributed by atoms with Gasteiger partial charge in [0.1, 0.15) is 0 Å². The zero-order chi connectivity index (χ0) is 14.4. The predicted molar refractivity (Wildman–Crippen MR) is 78.8 cm³/mol. The molecular formula is C16H25NO2. The fourth-order valence-corrected chi connectivity index (χ4v) is 1.99. The Morgan fingerprint density at radius 2 is 2.00 bits per heavy atom. The molecule has 1 atom stereocenters. The van der Waals surface area contributed by atoms with Gasteiger partial charge in [0.25, 0.3) is 0 Å². The number of ketones is 1. The van der Waals surface area contributed by atoms with Crippen molar-refractivity contribution < 1.29 is 9.53 Å². The third kappa shape index (κ3) is 4.44. The maximum absolute atomic E-state index is 12.4. The van der Waals surface area contributed by atoms with Crippen LogP contribution in [0.5, 0.6) is 0 Å². The van der Waals surface area contributed by atoms with Gasteiger partial charge >= 0.3 is 0 Å². The molecule has 0 heterocycles. The number of carbonyl (C=O) groups excluding carboxylic acids is 1. The van der Waals surface area contributed by atoms with Crippen LogP contribution in [0.1, 0.15) is 34.8 Å². The van der Waals surface area contributed by atoms with Gasteiger partial charge in [0.2, 0.25) is 0 Å². The molecule has 0 saturated carbocycles. The van der Waals surface area contributed by atoms with E-state index in [9.17, 15) is 4.79 Å². The Kier molecular flexibility index (Phi) is 6.19. The highest BCUT2D eigenvalue weighted by Crippen LogP contribution is 2.13. The molecule has 0 radical (unpaired) electrons. The molecule has 19 heavy (non-hydrogen) atoms. The Labute approximate surface area is 116 Å². The first-order valence-electron chi connectivity index (χ1n) is 6.78. The number of hydrogen-bond donors (Lipinski definition) is 0. The third-order valence-corrected chi connectivity index (χ3v) is 3.69. The van der Waals surface area contributed by atoms with E-state index in [4.69, 9.17) is 4.74 Å². The minimum absolute atomic E-state index is 0.0982. The van der Waals surface area contributed by atoms with Crippen molar-refractivity contribution in [3.8, 4) is 0 Å². The average molecular weight is 263 g/mol. The van der Waals surface area contributed by atoms with Crippen LogP contribution in [0, 0.1) is 13.8 Å². The molecule has 0 saturated heterocycles. The Bertz CT molecular complexity index is 429. The highest BCUT2D eigenvalue weighted by molar-refractivity contribution is 6.00. The van der Waals surface area contributed by atoms with Gasteiger partial charge in [-0.05, 0) is 51.4 Å². The van der Waals surface area contributed by atoms with Crippen LogP contribution in [-0.2, 0) is 4.74 Å². The monoisotopic (exact) mass is 263 g/mol. The maximum atomic E-state index is 12.4. The fourth-order valence-electron chi connectivity index (χ4n) is 1.99. The van der Waals surface area contributed by atoms with Crippen LogP contribution in [0.25, 0.3) is 0 Å². The lowest BCUT2D eigenvalue weighted by atomic mass is 10.00. The lowest BCUT2D eigenvalue weighted by molar-refractivity contribution is 0.0855. The summed E-state index contributed by atoms with van der Waals surface area (Å²) in [5.41, 5.74) is 3.19. The molecule has 1 aromatic carbocycles. The molecule has 3 heteroatoms. The van der Waals surface area contributed by atoms with E-state index in [0.717, 1.165) is 25.1 Å². The summed E-state index contributed by atoms with van der Waals surface area (Å²) in [6, 6.07) is 5.82. The summed E-state index contributed by atoms with van der Waals surface area (Å²) < 4.78 is 5.03. The molecule has 0 fully saturated rings. The molecule has 0 aromatic heterocycles. The smallest absolute Gasteiger partial charge is 0.179 e. The van der Waals surface area contributed by atoms with Gasteiger partial charge < -0.3 is 4.74 Å². The second-order valence-corrected chi connectivity index (χ2v) is 5.17. The van der Waals surface area contributed by atoms with Gasteiger partial charge in [0.05, 0.1) is 6.04 Å². The van der Waals surface area contributed by atoms with Crippen molar-refractivity contribution >= 4 is 5.78 Å². The zero-order valence-electron chi connectivity index (χ0n) is 12.7. The highest BCUT2D eigenvalue weighted by atomic mass is 16.5. The molecule has 106 valence electrons. The summed E-state index contributed by atoms with van der Waals surface area (Å²) in [4.78, 5) is 14.5. The van der Waals surface area contributed by atoms with Gasteiger partial charge in [-0.2, -0.15) is 0 Å². The lowest BCUT2D eigenvalue weighted by Crippen LogP contribution is -2.37. The number of Topliss-reactive ketones (excluding diaryl/α,β-unsaturated/α-hetero) is 1. The lowest BCUT2D eigenvalue weighted by Gasteiger charge is -2.23. The fraction of sp³-hybridized carbons (Fsp3) is 0.562. The topological polar surface area (TPSA) is 29.5 Å². The minimum Gasteiger partial charge on any atom is -0.385 e. The minimum atomic E-state index is -0.0982. The Balaban J connectivity index is 2.67. The highest BCUT2D eigenvalue weighted by Gasteiger charge is 2.19. The van der Waals surface area contributed by atoms with Gasteiger partial charge in [-0.1, -0.05) is 12.1 Å². The van der Waals surface area contributed by atoms with Crippen molar-refractivity contribution in [3.63, 3.8) is 0 Å². The molecule has 0 spiro atoms. The zero-order valence-corrected chi connectivity index (χ0v) is 12.7. The van der Waals surface area contributed by atoms with Crippen LogP contribution in [0.15, 0.2) is 18.2 Å². The van der Waals surface area contributed by atoms with Crippen molar-refractivity contribution in [1.29, 1.82) is 0 Å². The van der Waals surface area contributed by atoms with Crippen molar-refractivity contribution in [2.24, 2.45) is 0 Å². The van der Waals surface area contributed by atoms with Crippen LogP contribution >= 0.6 is 0 Å². The molecule has 0 bridgehead atoms. The van der Waals surface area contributed by atoms with E-state index >= 15 is 0 Å². The van der Waals surface area contributed by atoms with E-state index in [2.05, 4.69) is 11.8 Å². The number of benzene rings is 1. The Morgan fingerprint density at radius 1 is 1.32 bits per heavy atom. The second-order valence-electron chi connectivity index (χ2n) is 5.17. The molecule has 0 aliphatic heterocycles. The van der Waals surface area contributed by atoms with Crippen molar-refractivity contribution in [3.05, 3.63) is 34.9 Å². The van der Waals surface area contributed by atoms with Crippen LogP contribution in [0.4, 0.5) is 0 Å². The van der Waals surface area contributed by atoms with E-state index in [-0.39, 0.29) is 11.8 Å². The number of aryl methyl sites for hydroxylation is 2. The standard InChI is InChI=1S/C16H25NO2/c1-12-7-8-15(11-13(12)2)16(18)14(3)17(4)9-6-10-19-5/h7-8,11,14H,6,9-10H2,1-5H3. The van der Waals surface area contributed by atoms with Gasteiger partial charge in [-0.15, -0.1) is 0 Å². The van der Waals surface area contributed by atoms with E-state index < -0.39 is 0 Å². The van der Waals surface area contributed by atoms with E-state index in [1.54, 1.807) is 7.11 Å². The molecule has 1 unspecified atom stereocenters. The van der Waals surface area contributed by atoms with Crippen LogP contribution in [0.3, 0.4) is 0 Å². The third-order valence-electron chi connectivity index (χ3n) is 3.69.